The van der Waals surface area contributed by atoms with Crippen LogP contribution in [0.25, 0.3) is 16.9 Å². The van der Waals surface area contributed by atoms with Gasteiger partial charge in [0.15, 0.2) is 11.2 Å². The average Bonchev–Trinajstić information content (AvgIpc) is 3.17. The fourth-order valence-corrected chi connectivity index (χ4v) is 3.56. The maximum Gasteiger partial charge on any atom is 0.284 e. The smallest absolute Gasteiger partial charge is 0.284 e. The lowest BCUT2D eigenvalue weighted by atomic mass is 10.1. The Morgan fingerprint density at radius 2 is 1.77 bits per heavy atom. The molecule has 158 valence electrons. The van der Waals surface area contributed by atoms with E-state index in [-0.39, 0.29) is 18.0 Å². The van der Waals surface area contributed by atoms with Crippen molar-refractivity contribution in [2.24, 2.45) is 0 Å². The van der Waals surface area contributed by atoms with Crippen LogP contribution < -0.4 is 15.6 Å². The number of carbonyl (C=O) groups is 1. The third-order valence-electron chi connectivity index (χ3n) is 5.00. The first kappa shape index (κ1) is 20.3. The van der Waals surface area contributed by atoms with Crippen LogP contribution in [0.2, 0.25) is 0 Å². The summed E-state index contributed by atoms with van der Waals surface area (Å²) < 4.78 is 7.85. The predicted octanol–water partition coefficient (Wildman–Crippen LogP) is 2.55. The monoisotopic (exact) mass is 418 g/mol. The number of fused-ring (bicyclic) bond motifs is 1. The van der Waals surface area contributed by atoms with E-state index in [0.29, 0.717) is 17.1 Å². The molecule has 1 amide bonds. The molecule has 0 aliphatic rings. The van der Waals surface area contributed by atoms with Crippen LogP contribution >= 0.6 is 0 Å². The molecule has 2 aromatic heterocycles. The van der Waals surface area contributed by atoms with E-state index >= 15 is 0 Å². The van der Waals surface area contributed by atoms with Crippen molar-refractivity contribution < 1.29 is 9.53 Å². The number of rotatable bonds is 5. The molecule has 9 heteroatoms. The fourth-order valence-electron chi connectivity index (χ4n) is 3.56. The average molecular weight is 418 g/mol. The molecule has 4 aromatic rings. The Hall–Kier alpha value is -4.01. The summed E-state index contributed by atoms with van der Waals surface area (Å²) in [7, 11) is 1.58. The van der Waals surface area contributed by atoms with Crippen molar-refractivity contribution >= 4 is 22.8 Å². The molecule has 0 unspecified atom stereocenters. The van der Waals surface area contributed by atoms with Crippen molar-refractivity contribution in [3.63, 3.8) is 0 Å². The van der Waals surface area contributed by atoms with Crippen LogP contribution in [0.1, 0.15) is 16.7 Å². The predicted molar refractivity (Wildman–Crippen MR) is 117 cm³/mol. The van der Waals surface area contributed by atoms with Gasteiger partial charge in [-0.3, -0.25) is 14.2 Å². The molecule has 1 N–H and O–H groups in total. The van der Waals surface area contributed by atoms with E-state index < -0.39 is 5.56 Å². The zero-order chi connectivity index (χ0) is 22.1. The van der Waals surface area contributed by atoms with E-state index in [4.69, 9.17) is 4.74 Å². The van der Waals surface area contributed by atoms with Crippen molar-refractivity contribution in [3.05, 3.63) is 69.8 Å². The summed E-state index contributed by atoms with van der Waals surface area (Å²) in [6.07, 6.45) is 1.34. The molecule has 2 heterocycles. The highest BCUT2D eigenvalue weighted by molar-refractivity contribution is 5.92. The number of aromatic nitrogens is 5. The summed E-state index contributed by atoms with van der Waals surface area (Å²) >= 11 is 0. The number of carbonyl (C=O) groups excluding carboxylic acids is 1. The molecule has 0 saturated carbocycles. The van der Waals surface area contributed by atoms with E-state index in [9.17, 15) is 9.59 Å². The number of hydrogen-bond donors (Lipinski definition) is 1. The minimum Gasteiger partial charge on any atom is -0.497 e. The molecule has 0 bridgehead atoms. The molecule has 31 heavy (non-hydrogen) atoms. The second-order valence-corrected chi connectivity index (χ2v) is 7.37. The van der Waals surface area contributed by atoms with Gasteiger partial charge in [-0.1, -0.05) is 22.9 Å². The van der Waals surface area contributed by atoms with Gasteiger partial charge in [0.25, 0.3) is 5.56 Å². The first-order valence-corrected chi connectivity index (χ1v) is 9.70. The third kappa shape index (κ3) is 3.89. The Kier molecular flexibility index (Phi) is 5.24. The number of aryl methyl sites for hydroxylation is 3. The molecule has 2 aromatic carbocycles. The number of benzene rings is 2. The molecule has 0 aliphatic carbocycles. The Morgan fingerprint density at radius 1 is 1.10 bits per heavy atom. The Balaban J connectivity index is 1.60. The lowest BCUT2D eigenvalue weighted by Gasteiger charge is -2.13. The number of amides is 1. The summed E-state index contributed by atoms with van der Waals surface area (Å²) in [4.78, 5) is 29.8. The van der Waals surface area contributed by atoms with Crippen LogP contribution in [0.5, 0.6) is 5.75 Å². The van der Waals surface area contributed by atoms with E-state index in [1.807, 2.05) is 32.9 Å². The van der Waals surface area contributed by atoms with Gasteiger partial charge in [-0.05, 0) is 56.2 Å². The van der Waals surface area contributed by atoms with Crippen LogP contribution in [0.4, 0.5) is 5.69 Å². The maximum atomic E-state index is 12.8. The lowest BCUT2D eigenvalue weighted by molar-refractivity contribution is -0.116. The Bertz CT molecular complexity index is 1310. The number of anilines is 1. The Morgan fingerprint density at radius 3 is 2.42 bits per heavy atom. The van der Waals surface area contributed by atoms with Gasteiger partial charge in [0.05, 0.1) is 12.8 Å². The van der Waals surface area contributed by atoms with E-state index in [1.165, 1.54) is 15.6 Å². The summed E-state index contributed by atoms with van der Waals surface area (Å²) in [6.45, 7) is 5.70. The highest BCUT2D eigenvalue weighted by atomic mass is 16.5. The van der Waals surface area contributed by atoms with Gasteiger partial charge in [-0.25, -0.2) is 4.98 Å². The van der Waals surface area contributed by atoms with Crippen LogP contribution in [-0.4, -0.2) is 37.6 Å². The zero-order valence-corrected chi connectivity index (χ0v) is 17.7. The van der Waals surface area contributed by atoms with Crippen LogP contribution in [0.3, 0.4) is 0 Å². The van der Waals surface area contributed by atoms with Gasteiger partial charge in [0.1, 0.15) is 18.6 Å². The van der Waals surface area contributed by atoms with E-state index in [0.717, 1.165) is 22.4 Å². The normalized spacial score (nSPS) is 11.0. The molecule has 0 aliphatic heterocycles. The zero-order valence-electron chi connectivity index (χ0n) is 17.7. The highest BCUT2D eigenvalue weighted by Gasteiger charge is 2.16. The summed E-state index contributed by atoms with van der Waals surface area (Å²) in [6, 6.07) is 11.1. The van der Waals surface area contributed by atoms with Crippen molar-refractivity contribution in [1.29, 1.82) is 0 Å². The molecule has 0 spiro atoms. The van der Waals surface area contributed by atoms with Gasteiger partial charge in [0, 0.05) is 5.69 Å². The number of methoxy groups -OCH3 is 1. The molecule has 0 radical (unpaired) electrons. The van der Waals surface area contributed by atoms with Gasteiger partial charge >= 0.3 is 0 Å². The molecule has 4 rings (SSSR count). The number of hydrogen-bond acceptors (Lipinski definition) is 6. The van der Waals surface area contributed by atoms with E-state index in [1.54, 1.807) is 31.4 Å². The summed E-state index contributed by atoms with van der Waals surface area (Å²) in [5.41, 5.74) is 4.48. The minimum absolute atomic E-state index is 0.0915. The van der Waals surface area contributed by atoms with Crippen LogP contribution in [0, 0.1) is 20.8 Å². The van der Waals surface area contributed by atoms with Crippen molar-refractivity contribution in [2.45, 2.75) is 27.3 Å². The number of nitrogens with one attached hydrogen (secondary N) is 1. The first-order chi connectivity index (χ1) is 14.9. The molecular weight excluding hydrogens is 396 g/mol. The van der Waals surface area contributed by atoms with Crippen molar-refractivity contribution in [1.82, 2.24) is 24.5 Å². The molecule has 0 saturated heterocycles. The van der Waals surface area contributed by atoms with E-state index in [2.05, 4.69) is 20.6 Å². The van der Waals surface area contributed by atoms with Crippen LogP contribution in [0.15, 0.2) is 47.5 Å². The summed E-state index contributed by atoms with van der Waals surface area (Å²) in [5, 5.41) is 10.9. The standard InChI is InChI=1S/C22H22N6O3/c1-13-9-14(2)19(15(3)10-13)24-18(29)11-27-12-23-21-20(22(27)30)25-26-28(21)16-5-7-17(31-4)8-6-16/h5-10,12H,11H2,1-4H3,(H,24,29). The summed E-state index contributed by atoms with van der Waals surface area (Å²) in [5.74, 6) is 0.384. The fraction of sp³-hybridized carbons (Fsp3) is 0.227. The minimum atomic E-state index is -0.433. The third-order valence-corrected chi connectivity index (χ3v) is 5.00. The first-order valence-electron chi connectivity index (χ1n) is 9.70. The second kappa shape index (κ2) is 8.02. The Labute approximate surface area is 178 Å². The molecule has 9 nitrogen and oxygen atoms in total. The van der Waals surface area contributed by atoms with Crippen molar-refractivity contribution in [2.75, 3.05) is 12.4 Å². The van der Waals surface area contributed by atoms with Gasteiger partial charge in [-0.15, -0.1) is 5.10 Å². The molecule has 0 fully saturated rings. The van der Waals surface area contributed by atoms with Crippen molar-refractivity contribution in [3.8, 4) is 11.4 Å². The largest absolute Gasteiger partial charge is 0.497 e. The molecule has 0 atom stereocenters. The topological polar surface area (TPSA) is 104 Å². The maximum absolute atomic E-state index is 12.8. The lowest BCUT2D eigenvalue weighted by Crippen LogP contribution is -2.28. The van der Waals surface area contributed by atoms with Gasteiger partial charge in [0.2, 0.25) is 5.91 Å². The van der Waals surface area contributed by atoms with Gasteiger partial charge in [-0.2, -0.15) is 4.68 Å². The number of nitrogens with zero attached hydrogens (tertiary/aromatic N) is 5. The highest BCUT2D eigenvalue weighted by Crippen LogP contribution is 2.22. The second-order valence-electron chi connectivity index (χ2n) is 7.37. The SMILES string of the molecule is COc1ccc(-n2nnc3c(=O)n(CC(=O)Nc4c(C)cc(C)cc4C)cnc32)cc1. The number of ether oxygens (including phenoxy) is 1. The van der Waals surface area contributed by atoms with Gasteiger partial charge < -0.3 is 10.1 Å². The quantitative estimate of drug-likeness (QED) is 0.534. The molecular formula is C22H22N6O3. The van der Waals surface area contributed by atoms with Crippen LogP contribution in [-0.2, 0) is 11.3 Å².